The predicted molar refractivity (Wildman–Crippen MR) is 88.6 cm³/mol. The van der Waals surface area contributed by atoms with E-state index in [4.69, 9.17) is 0 Å². The maximum absolute atomic E-state index is 11.8. The third-order valence-corrected chi connectivity index (χ3v) is 3.77. The number of carbonyl (C=O) groups is 1. The van der Waals surface area contributed by atoms with Crippen LogP contribution in [-0.2, 0) is 4.79 Å². The van der Waals surface area contributed by atoms with Gasteiger partial charge in [-0.25, -0.2) is 9.98 Å². The Bertz CT molecular complexity index is 638. The van der Waals surface area contributed by atoms with Crippen molar-refractivity contribution in [2.75, 3.05) is 26.2 Å². The Morgan fingerprint density at radius 1 is 1.32 bits per heavy atom. The number of carbonyl (C=O) groups excluding carboxylic acids is 1. The summed E-state index contributed by atoms with van der Waals surface area (Å²) in [5.74, 6) is 1.10. The van der Waals surface area contributed by atoms with E-state index in [9.17, 15) is 4.79 Å². The van der Waals surface area contributed by atoms with Gasteiger partial charge in [-0.3, -0.25) is 4.79 Å². The zero-order chi connectivity index (χ0) is 15.9. The van der Waals surface area contributed by atoms with Gasteiger partial charge < -0.3 is 14.8 Å². The van der Waals surface area contributed by atoms with E-state index >= 15 is 0 Å². The van der Waals surface area contributed by atoms with Gasteiger partial charge in [-0.15, -0.1) is 0 Å². The summed E-state index contributed by atoms with van der Waals surface area (Å²) in [6.45, 7) is 8.98. The maximum atomic E-state index is 11.8. The van der Waals surface area contributed by atoms with Gasteiger partial charge in [0.25, 0.3) is 0 Å². The van der Waals surface area contributed by atoms with Gasteiger partial charge >= 0.3 is 0 Å². The molecule has 1 aromatic rings. The first-order valence-corrected chi connectivity index (χ1v) is 7.96. The predicted octanol–water partition coefficient (Wildman–Crippen LogP) is 0.311. The molecule has 0 radical (unpaired) electrons. The van der Waals surface area contributed by atoms with Crippen molar-refractivity contribution in [2.24, 2.45) is 4.99 Å². The van der Waals surface area contributed by atoms with Crippen LogP contribution in [-0.4, -0.2) is 58.1 Å². The molecule has 1 saturated heterocycles. The number of aliphatic imine (C=N–C) groups is 1. The van der Waals surface area contributed by atoms with E-state index in [1.54, 1.807) is 12.5 Å². The lowest BCUT2D eigenvalue weighted by molar-refractivity contribution is -0.132. The maximum Gasteiger partial charge on any atom is 0.222 e. The summed E-state index contributed by atoms with van der Waals surface area (Å²) in [5, 5.41) is 1.89. The second-order valence-corrected chi connectivity index (χ2v) is 5.21. The van der Waals surface area contributed by atoms with Gasteiger partial charge in [-0.1, -0.05) is 19.9 Å². The van der Waals surface area contributed by atoms with Crippen molar-refractivity contribution in [3.05, 3.63) is 17.0 Å². The molecule has 1 fully saturated rings. The largest absolute Gasteiger partial charge is 0.351 e. The van der Waals surface area contributed by atoms with E-state index in [0.29, 0.717) is 6.42 Å². The van der Waals surface area contributed by atoms with E-state index in [2.05, 4.69) is 32.9 Å². The van der Waals surface area contributed by atoms with Crippen LogP contribution in [0.3, 0.4) is 0 Å². The van der Waals surface area contributed by atoms with E-state index < -0.39 is 0 Å². The lowest BCUT2D eigenvalue weighted by Crippen LogP contribution is -2.49. The molecule has 1 amide bonds. The van der Waals surface area contributed by atoms with Crippen LogP contribution in [0.25, 0.3) is 11.9 Å². The fourth-order valence-electron chi connectivity index (χ4n) is 2.65. The number of hydrogen-bond donors (Lipinski definition) is 1. The fraction of sp³-hybridized carbons (Fsp3) is 0.562. The van der Waals surface area contributed by atoms with Crippen LogP contribution in [0, 0.1) is 0 Å². The normalized spacial score (nSPS) is 18.2. The van der Waals surface area contributed by atoms with Crippen molar-refractivity contribution in [1.29, 1.82) is 0 Å². The van der Waals surface area contributed by atoms with Crippen LogP contribution in [0.15, 0.2) is 11.3 Å². The Kier molecular flexibility index (Phi) is 5.75. The van der Waals surface area contributed by atoms with Crippen molar-refractivity contribution < 1.29 is 4.79 Å². The number of aromatic amines is 1. The summed E-state index contributed by atoms with van der Waals surface area (Å²) < 4.78 is 0. The molecule has 6 nitrogen and oxygen atoms in total. The molecule has 1 aliphatic rings. The van der Waals surface area contributed by atoms with Crippen LogP contribution in [0.2, 0.25) is 0 Å². The van der Waals surface area contributed by atoms with Gasteiger partial charge in [0.1, 0.15) is 5.35 Å². The number of piperazine rings is 1. The summed E-state index contributed by atoms with van der Waals surface area (Å²) in [6, 6.07) is 0. The van der Waals surface area contributed by atoms with Gasteiger partial charge in [0.2, 0.25) is 5.91 Å². The Hall–Kier alpha value is -2.11. The van der Waals surface area contributed by atoms with Gasteiger partial charge in [0.05, 0.1) is 11.7 Å². The number of nitrogens with zero attached hydrogens (tertiary/aromatic N) is 4. The van der Waals surface area contributed by atoms with Gasteiger partial charge in [-0.2, -0.15) is 0 Å². The second-order valence-electron chi connectivity index (χ2n) is 5.21. The number of aromatic nitrogens is 2. The molecule has 2 heterocycles. The van der Waals surface area contributed by atoms with Crippen molar-refractivity contribution in [3.8, 4) is 0 Å². The molecule has 0 saturated carbocycles. The van der Waals surface area contributed by atoms with Crippen molar-refractivity contribution in [1.82, 2.24) is 19.8 Å². The third kappa shape index (κ3) is 3.55. The van der Waals surface area contributed by atoms with Gasteiger partial charge in [-0.05, 0) is 13.3 Å². The Morgan fingerprint density at radius 3 is 2.59 bits per heavy atom. The Labute approximate surface area is 131 Å². The average molecular weight is 303 g/mol. The summed E-state index contributed by atoms with van der Waals surface area (Å²) >= 11 is 0. The highest BCUT2D eigenvalue weighted by molar-refractivity contribution is 5.76. The first kappa shape index (κ1) is 16.3. The summed E-state index contributed by atoms with van der Waals surface area (Å²) in [7, 11) is 0. The highest BCUT2D eigenvalue weighted by Crippen LogP contribution is 2.10. The molecule has 1 aromatic heterocycles. The lowest BCUT2D eigenvalue weighted by atomic mass is 10.2. The molecule has 6 heteroatoms. The second kappa shape index (κ2) is 7.77. The van der Waals surface area contributed by atoms with Crippen molar-refractivity contribution in [3.63, 3.8) is 0 Å². The minimum atomic E-state index is 0.222. The molecule has 0 aromatic carbocycles. The molecule has 0 spiro atoms. The standard InChI is InChI=1S/C16H25N5O/c1-4-7-13-15(19-12-18-13)16(17-6-3)21-10-8-20(9-11-21)14(22)5-2/h6-7,12H,4-5,8-11H2,1-3H3,(H,18,19)/b13-7-,16-15-,17-6-. The van der Waals surface area contributed by atoms with Crippen LogP contribution < -0.4 is 10.7 Å². The monoisotopic (exact) mass is 303 g/mol. The molecule has 1 aliphatic heterocycles. The Morgan fingerprint density at radius 2 is 2.00 bits per heavy atom. The summed E-state index contributed by atoms with van der Waals surface area (Å²) in [4.78, 5) is 28.1. The zero-order valence-electron chi connectivity index (χ0n) is 13.7. The molecule has 1 N–H and O–H groups in total. The highest BCUT2D eigenvalue weighted by atomic mass is 16.2. The van der Waals surface area contributed by atoms with Crippen molar-refractivity contribution >= 4 is 24.0 Å². The minimum absolute atomic E-state index is 0.222. The molecule has 0 unspecified atom stereocenters. The van der Waals surface area contributed by atoms with Crippen molar-refractivity contribution in [2.45, 2.75) is 33.6 Å². The number of amides is 1. The quantitative estimate of drug-likeness (QED) is 0.814. The number of nitrogens with one attached hydrogen (secondary N) is 1. The zero-order valence-corrected chi connectivity index (χ0v) is 13.7. The fourth-order valence-corrected chi connectivity index (χ4v) is 2.65. The summed E-state index contributed by atoms with van der Waals surface area (Å²) in [5.41, 5.74) is 0. The molecule has 22 heavy (non-hydrogen) atoms. The first-order chi connectivity index (χ1) is 10.7. The van der Waals surface area contributed by atoms with Gasteiger partial charge in [0, 0.05) is 38.8 Å². The van der Waals surface area contributed by atoms with Gasteiger partial charge in [0.15, 0.2) is 5.82 Å². The molecule has 0 atom stereocenters. The first-order valence-electron chi connectivity index (χ1n) is 7.96. The Balaban J connectivity index is 2.30. The van der Waals surface area contributed by atoms with E-state index in [1.165, 1.54) is 0 Å². The topological polar surface area (TPSA) is 64.6 Å². The van der Waals surface area contributed by atoms with E-state index in [0.717, 1.165) is 49.1 Å². The third-order valence-electron chi connectivity index (χ3n) is 3.77. The van der Waals surface area contributed by atoms with E-state index in [1.807, 2.05) is 18.7 Å². The minimum Gasteiger partial charge on any atom is -0.351 e. The molecular formula is C16H25N5O. The number of H-pyrrole nitrogens is 1. The smallest absolute Gasteiger partial charge is 0.222 e. The molecule has 0 aliphatic carbocycles. The lowest BCUT2D eigenvalue weighted by Gasteiger charge is -2.35. The number of rotatable bonds is 4. The molecular weight excluding hydrogens is 278 g/mol. The average Bonchev–Trinajstić information content (AvgIpc) is 3.00. The van der Waals surface area contributed by atoms with Crippen LogP contribution in [0.5, 0.6) is 0 Å². The van der Waals surface area contributed by atoms with E-state index in [-0.39, 0.29) is 5.91 Å². The number of imidazole rings is 1. The molecule has 120 valence electrons. The van der Waals surface area contributed by atoms with Crippen LogP contribution in [0.4, 0.5) is 0 Å². The molecule has 0 bridgehead atoms. The number of hydrogen-bond acceptors (Lipinski definition) is 4. The van der Waals surface area contributed by atoms with Crippen LogP contribution >= 0.6 is 0 Å². The highest BCUT2D eigenvalue weighted by Gasteiger charge is 2.21. The molecule has 2 rings (SSSR count). The summed E-state index contributed by atoms with van der Waals surface area (Å²) in [6.07, 6.45) is 7.13. The van der Waals surface area contributed by atoms with Crippen LogP contribution in [0.1, 0.15) is 33.6 Å². The SMILES string of the molecule is C\C=N/C(=c1/nc[nH]/c1=C\CC)N1CCN(C(=O)CC)CC1.